The van der Waals surface area contributed by atoms with Crippen LogP contribution >= 0.6 is 11.6 Å². The largest absolute Gasteiger partial charge is 0.480 e. The molecule has 0 radical (unpaired) electrons. The standard InChI is InChI=1S/C26H42ClN5O5/c1-17-9-12-31(2)15-21(17)37-23(33)8-6-5-7-11-32-13-10-20(22(16-32)35-3)29-25(34)18-14-19(27)24(28)30-26(18)36-4/h14,17,20-22H,5-13,15-16H2,1-4H3,(H2,28,30)(H,29,34)/t17?,20-,21?,22+/m1/s1. The van der Waals surface area contributed by atoms with Crippen LogP contribution in [0.1, 0.15) is 55.8 Å². The Morgan fingerprint density at radius 1 is 1.16 bits per heavy atom. The maximum absolute atomic E-state index is 12.9. The van der Waals surface area contributed by atoms with Gasteiger partial charge in [-0.15, -0.1) is 0 Å². The van der Waals surface area contributed by atoms with Crippen molar-refractivity contribution in [3.63, 3.8) is 0 Å². The number of amides is 1. The summed E-state index contributed by atoms with van der Waals surface area (Å²) in [6.45, 7) is 6.53. The minimum atomic E-state index is -0.326. The number of nitrogens with zero attached hydrogens (tertiary/aromatic N) is 3. The van der Waals surface area contributed by atoms with Gasteiger partial charge in [-0.1, -0.05) is 24.9 Å². The number of methoxy groups -OCH3 is 2. The van der Waals surface area contributed by atoms with Crippen LogP contribution in [0.5, 0.6) is 5.88 Å². The summed E-state index contributed by atoms with van der Waals surface area (Å²) in [5, 5.41) is 3.24. The molecule has 2 fully saturated rings. The fraction of sp³-hybridized carbons (Fsp3) is 0.731. The molecule has 0 bridgehead atoms. The molecule has 3 rings (SSSR count). The molecule has 2 saturated heterocycles. The van der Waals surface area contributed by atoms with Crippen LogP contribution < -0.4 is 15.8 Å². The number of anilines is 1. The van der Waals surface area contributed by atoms with Crippen LogP contribution in [-0.2, 0) is 14.3 Å². The Morgan fingerprint density at radius 3 is 2.68 bits per heavy atom. The van der Waals surface area contributed by atoms with Crippen LogP contribution in [-0.4, -0.2) is 98.9 Å². The molecule has 0 saturated carbocycles. The third kappa shape index (κ3) is 8.43. The fourth-order valence-electron chi connectivity index (χ4n) is 4.99. The van der Waals surface area contributed by atoms with E-state index in [0.717, 1.165) is 58.3 Å². The molecule has 1 aromatic rings. The van der Waals surface area contributed by atoms with Gasteiger partial charge >= 0.3 is 5.97 Å². The van der Waals surface area contributed by atoms with E-state index in [9.17, 15) is 9.59 Å². The Balaban J connectivity index is 1.38. The summed E-state index contributed by atoms with van der Waals surface area (Å²) in [6.07, 6.45) is 4.94. The molecule has 2 unspecified atom stereocenters. The molecule has 208 valence electrons. The van der Waals surface area contributed by atoms with E-state index >= 15 is 0 Å². The SMILES string of the molecule is COc1nc(N)c(Cl)cc1C(=O)N[C@@H]1CCN(CCCCCC(=O)OC2CN(C)CCC2C)C[C@@H]1OC. The van der Waals surface area contributed by atoms with Gasteiger partial charge in [-0.3, -0.25) is 9.59 Å². The highest BCUT2D eigenvalue weighted by Crippen LogP contribution is 2.26. The highest BCUT2D eigenvalue weighted by atomic mass is 35.5. The molecule has 1 aromatic heterocycles. The molecule has 11 heteroatoms. The highest BCUT2D eigenvalue weighted by molar-refractivity contribution is 6.33. The Morgan fingerprint density at radius 2 is 1.95 bits per heavy atom. The summed E-state index contributed by atoms with van der Waals surface area (Å²) in [7, 11) is 5.16. The number of carbonyl (C=O) groups is 2. The maximum atomic E-state index is 12.9. The van der Waals surface area contributed by atoms with Crippen molar-refractivity contribution in [1.82, 2.24) is 20.1 Å². The number of hydrogen-bond donors (Lipinski definition) is 2. The van der Waals surface area contributed by atoms with Crippen molar-refractivity contribution in [2.24, 2.45) is 5.92 Å². The lowest BCUT2D eigenvalue weighted by Gasteiger charge is -2.38. The lowest BCUT2D eigenvalue weighted by molar-refractivity contribution is -0.154. The zero-order valence-corrected chi connectivity index (χ0v) is 23.3. The first-order valence-corrected chi connectivity index (χ1v) is 13.5. The fourth-order valence-corrected chi connectivity index (χ4v) is 5.14. The number of likely N-dealkylation sites (tertiary alicyclic amines) is 2. The average molecular weight is 540 g/mol. The monoisotopic (exact) mass is 539 g/mol. The predicted octanol–water partition coefficient (Wildman–Crippen LogP) is 2.59. The number of hydrogen-bond acceptors (Lipinski definition) is 9. The van der Waals surface area contributed by atoms with E-state index in [1.54, 1.807) is 7.11 Å². The highest BCUT2D eigenvalue weighted by Gasteiger charge is 2.31. The van der Waals surface area contributed by atoms with Crippen LogP contribution in [0.2, 0.25) is 5.02 Å². The summed E-state index contributed by atoms with van der Waals surface area (Å²) >= 11 is 6.07. The number of rotatable bonds is 11. The van der Waals surface area contributed by atoms with E-state index in [-0.39, 0.29) is 52.4 Å². The molecule has 3 N–H and O–H groups in total. The minimum absolute atomic E-state index is 0.00775. The normalized spacial score (nSPS) is 25.0. The first-order valence-electron chi connectivity index (χ1n) is 13.2. The second-order valence-corrected chi connectivity index (χ2v) is 10.6. The Labute approximate surface area is 225 Å². The number of nitrogen functional groups attached to an aromatic ring is 1. The molecule has 10 nitrogen and oxygen atoms in total. The van der Waals surface area contributed by atoms with Gasteiger partial charge in [-0.2, -0.15) is 4.98 Å². The summed E-state index contributed by atoms with van der Waals surface area (Å²) in [4.78, 5) is 33.8. The molecular weight excluding hydrogens is 498 g/mol. The lowest BCUT2D eigenvalue weighted by Crippen LogP contribution is -2.54. The molecule has 2 aliphatic heterocycles. The second kappa shape index (κ2) is 14.1. The van der Waals surface area contributed by atoms with Crippen molar-refractivity contribution in [3.05, 3.63) is 16.7 Å². The van der Waals surface area contributed by atoms with Gasteiger partial charge < -0.3 is 35.1 Å². The summed E-state index contributed by atoms with van der Waals surface area (Å²) in [5.74, 6) is 0.256. The van der Waals surface area contributed by atoms with Crippen LogP contribution in [0.15, 0.2) is 6.07 Å². The topological polar surface area (TPSA) is 119 Å². The number of ether oxygens (including phenoxy) is 3. The smallest absolute Gasteiger partial charge is 0.306 e. The number of carbonyl (C=O) groups excluding carboxylic acids is 2. The van der Waals surface area contributed by atoms with E-state index < -0.39 is 0 Å². The van der Waals surface area contributed by atoms with Crippen molar-refractivity contribution < 1.29 is 23.8 Å². The summed E-state index contributed by atoms with van der Waals surface area (Å²) < 4.78 is 16.6. The van der Waals surface area contributed by atoms with Gasteiger partial charge in [0, 0.05) is 33.2 Å². The second-order valence-electron chi connectivity index (χ2n) is 10.2. The van der Waals surface area contributed by atoms with Gasteiger partial charge in [0.1, 0.15) is 17.5 Å². The zero-order chi connectivity index (χ0) is 26.9. The lowest BCUT2D eigenvalue weighted by atomic mass is 9.96. The Kier molecular flexibility index (Phi) is 11.2. The van der Waals surface area contributed by atoms with E-state index in [2.05, 4.69) is 34.1 Å². The molecule has 37 heavy (non-hydrogen) atoms. The van der Waals surface area contributed by atoms with Crippen molar-refractivity contribution >= 4 is 29.3 Å². The predicted molar refractivity (Wildman–Crippen MR) is 143 cm³/mol. The van der Waals surface area contributed by atoms with E-state index in [4.69, 9.17) is 31.5 Å². The molecule has 0 spiro atoms. The molecule has 2 aliphatic rings. The first-order chi connectivity index (χ1) is 17.7. The maximum Gasteiger partial charge on any atom is 0.306 e. The van der Waals surface area contributed by atoms with Crippen molar-refractivity contribution in [2.75, 3.05) is 59.7 Å². The third-order valence-corrected chi connectivity index (χ3v) is 7.70. The summed E-state index contributed by atoms with van der Waals surface area (Å²) in [6, 6.07) is 1.32. The molecule has 0 aliphatic carbocycles. The van der Waals surface area contributed by atoms with E-state index in [1.165, 1.54) is 13.2 Å². The van der Waals surface area contributed by atoms with Crippen molar-refractivity contribution in [3.8, 4) is 5.88 Å². The number of nitrogens with two attached hydrogens (primary N) is 1. The van der Waals surface area contributed by atoms with Crippen molar-refractivity contribution in [2.45, 2.75) is 63.7 Å². The number of piperidine rings is 2. The number of halogens is 1. The molecule has 1 amide bonds. The number of likely N-dealkylation sites (N-methyl/N-ethyl adjacent to an activating group) is 1. The first kappa shape index (κ1) is 29.4. The Bertz CT molecular complexity index is 920. The van der Waals surface area contributed by atoms with Crippen LogP contribution in [0.4, 0.5) is 5.82 Å². The number of nitrogens with one attached hydrogen (secondary N) is 1. The zero-order valence-electron chi connectivity index (χ0n) is 22.5. The summed E-state index contributed by atoms with van der Waals surface area (Å²) in [5.41, 5.74) is 5.96. The molecule has 3 heterocycles. The van der Waals surface area contributed by atoms with Crippen LogP contribution in [0.3, 0.4) is 0 Å². The van der Waals surface area contributed by atoms with E-state index in [1.807, 2.05) is 0 Å². The van der Waals surface area contributed by atoms with Gasteiger partial charge in [-0.25, -0.2) is 0 Å². The van der Waals surface area contributed by atoms with E-state index in [0.29, 0.717) is 18.9 Å². The Hall–Kier alpha value is -2.14. The van der Waals surface area contributed by atoms with Gasteiger partial charge in [0.2, 0.25) is 5.88 Å². The number of esters is 1. The quantitative estimate of drug-likeness (QED) is 0.323. The van der Waals surface area contributed by atoms with Crippen LogP contribution in [0.25, 0.3) is 0 Å². The number of aromatic nitrogens is 1. The molecule has 4 atom stereocenters. The molecule has 0 aromatic carbocycles. The van der Waals surface area contributed by atoms with Gasteiger partial charge in [-0.05, 0) is 57.8 Å². The van der Waals surface area contributed by atoms with Gasteiger partial charge in [0.15, 0.2) is 0 Å². The molecular formula is C26H42ClN5O5. The minimum Gasteiger partial charge on any atom is -0.480 e. The third-order valence-electron chi connectivity index (χ3n) is 7.40. The van der Waals surface area contributed by atoms with Gasteiger partial charge in [0.05, 0.1) is 24.3 Å². The van der Waals surface area contributed by atoms with Gasteiger partial charge in [0.25, 0.3) is 5.91 Å². The number of unbranched alkanes of at least 4 members (excludes halogenated alkanes) is 2. The average Bonchev–Trinajstić information content (AvgIpc) is 2.87. The van der Waals surface area contributed by atoms with Crippen molar-refractivity contribution in [1.29, 1.82) is 0 Å². The van der Waals surface area contributed by atoms with Crippen LogP contribution in [0, 0.1) is 5.92 Å². The number of pyridine rings is 1.